The Morgan fingerprint density at radius 1 is 0.909 bits per heavy atom. The van der Waals surface area contributed by atoms with Gasteiger partial charge >= 0.3 is 6.18 Å². The van der Waals surface area contributed by atoms with Crippen LogP contribution in [0.2, 0.25) is 20.1 Å². The van der Waals surface area contributed by atoms with E-state index in [1.165, 1.54) is 24.5 Å². The van der Waals surface area contributed by atoms with E-state index in [4.69, 9.17) is 56.1 Å². The van der Waals surface area contributed by atoms with E-state index in [9.17, 15) is 22.4 Å². The molecule has 5 rings (SSSR count). The van der Waals surface area contributed by atoms with Crippen molar-refractivity contribution < 1.29 is 32.0 Å². The van der Waals surface area contributed by atoms with E-state index >= 15 is 0 Å². The number of hydrogen-bond acceptors (Lipinski definition) is 5. The highest BCUT2D eigenvalue weighted by Crippen LogP contribution is 2.49. The third kappa shape index (κ3) is 6.32. The van der Waals surface area contributed by atoms with Crippen molar-refractivity contribution in [3.05, 3.63) is 133 Å². The Kier molecular flexibility index (Phi) is 9.31. The molecule has 0 aromatic heterocycles. The molecule has 1 atom stereocenters. The third-order valence-corrected chi connectivity index (χ3v) is 7.92. The summed E-state index contributed by atoms with van der Waals surface area (Å²) in [5.41, 5.74) is 2.67. The third-order valence-electron chi connectivity index (χ3n) is 6.63. The second-order valence-corrected chi connectivity index (χ2v) is 11.0. The molecule has 14 heteroatoms. The molecule has 0 saturated heterocycles. The van der Waals surface area contributed by atoms with Gasteiger partial charge in [0.2, 0.25) is 5.60 Å². The molecule has 4 aromatic rings. The first-order valence-corrected chi connectivity index (χ1v) is 14.1. The molecule has 0 saturated carbocycles. The first kappa shape index (κ1) is 31.9. The number of hydroxylamine groups is 2. The standard InChI is InChI=1S/C30H19Cl4F4N3O3/c31-22-8-5-16(11-23(22)32)15-43-40-10-9-39-28(42)21-7-6-20(18-3-1-2-4-19(18)21)26-14-29(44-41-26,30(36,37)38)17-12-24(33)27(35)25(34)13-17/h1-14,40-41H,15H2,(H,39,42). The Labute approximate surface area is 268 Å². The van der Waals surface area contributed by atoms with Gasteiger partial charge in [0.1, 0.15) is 0 Å². The smallest absolute Gasteiger partial charge is 0.327 e. The molecular formula is C30H19Cl4F4N3O3. The van der Waals surface area contributed by atoms with Crippen molar-refractivity contribution in [2.75, 3.05) is 0 Å². The Morgan fingerprint density at radius 3 is 2.30 bits per heavy atom. The van der Waals surface area contributed by atoms with Crippen molar-refractivity contribution in [1.29, 1.82) is 0 Å². The molecule has 0 aliphatic carbocycles. The van der Waals surface area contributed by atoms with Gasteiger partial charge in [-0.3, -0.25) is 25.4 Å². The average Bonchev–Trinajstić information content (AvgIpc) is 3.45. The summed E-state index contributed by atoms with van der Waals surface area (Å²) in [5.74, 6) is -1.54. The summed E-state index contributed by atoms with van der Waals surface area (Å²) < 4.78 is 57.4. The van der Waals surface area contributed by atoms with Crippen LogP contribution in [0.1, 0.15) is 27.0 Å². The number of fused-ring (bicyclic) bond motifs is 1. The highest BCUT2D eigenvalue weighted by molar-refractivity contribution is 6.42. The highest BCUT2D eigenvalue weighted by atomic mass is 35.5. The van der Waals surface area contributed by atoms with E-state index in [2.05, 4.69) is 16.3 Å². The van der Waals surface area contributed by atoms with Crippen LogP contribution in [-0.2, 0) is 21.9 Å². The Balaban J connectivity index is 1.36. The van der Waals surface area contributed by atoms with Crippen LogP contribution >= 0.6 is 46.4 Å². The van der Waals surface area contributed by atoms with E-state index in [-0.39, 0.29) is 17.9 Å². The minimum absolute atomic E-state index is 0.0368. The van der Waals surface area contributed by atoms with Crippen molar-refractivity contribution in [2.24, 2.45) is 0 Å². The van der Waals surface area contributed by atoms with Crippen molar-refractivity contribution in [1.82, 2.24) is 16.3 Å². The van der Waals surface area contributed by atoms with Crippen LogP contribution in [0.5, 0.6) is 0 Å². The van der Waals surface area contributed by atoms with Crippen LogP contribution in [0.25, 0.3) is 16.5 Å². The minimum Gasteiger partial charge on any atom is -0.327 e. The minimum atomic E-state index is -4.99. The number of benzene rings is 4. The molecule has 1 unspecified atom stereocenters. The lowest BCUT2D eigenvalue weighted by molar-refractivity contribution is -0.269. The molecule has 3 N–H and O–H groups in total. The maximum absolute atomic E-state index is 14.5. The van der Waals surface area contributed by atoms with E-state index < -0.39 is 39.1 Å². The molecule has 0 spiro atoms. The van der Waals surface area contributed by atoms with Crippen LogP contribution in [0.15, 0.2) is 85.2 Å². The molecule has 228 valence electrons. The summed E-state index contributed by atoms with van der Waals surface area (Å²) in [6.45, 7) is 0.172. The lowest BCUT2D eigenvalue weighted by Crippen LogP contribution is -2.42. The van der Waals surface area contributed by atoms with Gasteiger partial charge in [0, 0.05) is 29.1 Å². The van der Waals surface area contributed by atoms with E-state index in [1.807, 2.05) is 0 Å². The monoisotopic (exact) mass is 685 g/mol. The number of carbonyl (C=O) groups is 1. The summed E-state index contributed by atoms with van der Waals surface area (Å²) in [6, 6.07) is 16.3. The molecule has 1 aliphatic rings. The molecule has 0 bridgehead atoms. The number of nitrogens with one attached hydrogen (secondary N) is 3. The number of halogens is 8. The average molecular weight is 687 g/mol. The van der Waals surface area contributed by atoms with Crippen LogP contribution in [-0.4, -0.2) is 12.1 Å². The summed E-state index contributed by atoms with van der Waals surface area (Å²) in [7, 11) is 0. The topological polar surface area (TPSA) is 71.6 Å². The fraction of sp³-hybridized carbons (Fsp3) is 0.100. The summed E-state index contributed by atoms with van der Waals surface area (Å²) in [5, 5.41) is 3.15. The zero-order chi connectivity index (χ0) is 31.6. The molecule has 0 radical (unpaired) electrons. The van der Waals surface area contributed by atoms with Crippen molar-refractivity contribution in [3.63, 3.8) is 0 Å². The Bertz CT molecular complexity index is 1790. The van der Waals surface area contributed by atoms with Gasteiger partial charge in [-0.25, -0.2) is 4.39 Å². The number of rotatable bonds is 8. The molecule has 1 aliphatic heterocycles. The quantitative estimate of drug-likeness (QED) is 0.0748. The first-order chi connectivity index (χ1) is 20.9. The number of carbonyl (C=O) groups excluding carboxylic acids is 1. The van der Waals surface area contributed by atoms with Gasteiger partial charge in [-0.1, -0.05) is 82.8 Å². The lowest BCUT2D eigenvalue weighted by atomic mass is 9.90. The van der Waals surface area contributed by atoms with Crippen molar-refractivity contribution >= 4 is 68.8 Å². The first-order valence-electron chi connectivity index (χ1n) is 12.6. The van der Waals surface area contributed by atoms with Gasteiger partial charge in [0.25, 0.3) is 5.91 Å². The Hall–Kier alpha value is -3.51. The van der Waals surface area contributed by atoms with Crippen LogP contribution in [0.3, 0.4) is 0 Å². The number of hydrogen-bond donors (Lipinski definition) is 3. The predicted octanol–water partition coefficient (Wildman–Crippen LogP) is 8.85. The molecular weight excluding hydrogens is 668 g/mol. The second kappa shape index (κ2) is 12.8. The Morgan fingerprint density at radius 2 is 1.61 bits per heavy atom. The molecule has 1 heterocycles. The van der Waals surface area contributed by atoms with Gasteiger partial charge in [0.05, 0.1) is 32.4 Å². The molecule has 44 heavy (non-hydrogen) atoms. The van der Waals surface area contributed by atoms with Crippen LogP contribution in [0, 0.1) is 5.82 Å². The number of alkyl halides is 3. The summed E-state index contributed by atoms with van der Waals surface area (Å²) in [6.07, 6.45) is -1.48. The largest absolute Gasteiger partial charge is 0.428 e. The fourth-order valence-electron chi connectivity index (χ4n) is 4.51. The predicted molar refractivity (Wildman–Crippen MR) is 161 cm³/mol. The molecule has 6 nitrogen and oxygen atoms in total. The van der Waals surface area contributed by atoms with Gasteiger partial charge in [0.15, 0.2) is 5.82 Å². The fourth-order valence-corrected chi connectivity index (χ4v) is 5.32. The lowest BCUT2D eigenvalue weighted by Gasteiger charge is -2.28. The van der Waals surface area contributed by atoms with Crippen molar-refractivity contribution in [2.45, 2.75) is 18.4 Å². The van der Waals surface area contributed by atoms with Crippen LogP contribution < -0.4 is 16.3 Å². The van der Waals surface area contributed by atoms with Gasteiger partial charge in [-0.2, -0.15) is 13.2 Å². The van der Waals surface area contributed by atoms with E-state index in [0.717, 1.165) is 23.8 Å². The van der Waals surface area contributed by atoms with Crippen molar-refractivity contribution in [3.8, 4) is 0 Å². The SMILES string of the molecule is O=C(NC=CNOCc1ccc(Cl)c(Cl)c1)c1ccc(C2=CC(c3cc(Cl)c(F)c(Cl)c3)(C(F)(F)F)ON2)c2ccccc12. The zero-order valence-corrected chi connectivity index (χ0v) is 25.1. The second-order valence-electron chi connectivity index (χ2n) is 9.42. The number of amides is 1. The molecule has 4 aromatic carbocycles. The maximum Gasteiger partial charge on any atom is 0.428 e. The van der Waals surface area contributed by atoms with Gasteiger partial charge < -0.3 is 5.32 Å². The van der Waals surface area contributed by atoms with E-state index in [0.29, 0.717) is 26.4 Å². The highest BCUT2D eigenvalue weighted by Gasteiger charge is 2.60. The molecule has 0 fully saturated rings. The summed E-state index contributed by atoms with van der Waals surface area (Å²) >= 11 is 23.5. The summed E-state index contributed by atoms with van der Waals surface area (Å²) in [4.78, 5) is 23.4. The van der Waals surface area contributed by atoms with Gasteiger partial charge in [-0.15, -0.1) is 0 Å². The van der Waals surface area contributed by atoms with E-state index in [1.54, 1.807) is 42.5 Å². The zero-order valence-electron chi connectivity index (χ0n) is 22.0. The normalized spacial score (nSPS) is 16.7. The van der Waals surface area contributed by atoms with Crippen LogP contribution in [0.4, 0.5) is 17.6 Å². The maximum atomic E-state index is 14.5. The molecule has 1 amide bonds. The van der Waals surface area contributed by atoms with Gasteiger partial charge in [-0.05, 0) is 52.7 Å².